The molecular weight excluding hydrogens is 233 g/mol. The number of allylic oxidation sites excluding steroid dienone is 1. The number of alkyl halides is 3. The molecule has 1 aliphatic rings. The van der Waals surface area contributed by atoms with Crippen molar-refractivity contribution in [1.29, 1.82) is 0 Å². The van der Waals surface area contributed by atoms with Crippen molar-refractivity contribution < 1.29 is 23.0 Å². The fourth-order valence-electron chi connectivity index (χ4n) is 1.91. The molecule has 0 amide bonds. The number of halogens is 3. The molecule has 0 bridgehead atoms. The highest BCUT2D eigenvalue weighted by molar-refractivity contribution is 5.09. The van der Waals surface area contributed by atoms with Gasteiger partial charge >= 0.3 is 6.18 Å². The summed E-state index contributed by atoms with van der Waals surface area (Å²) in [5.41, 5.74) is 0.957. The molecule has 1 unspecified atom stereocenters. The Morgan fingerprint density at radius 3 is 2.76 bits per heavy atom. The van der Waals surface area contributed by atoms with Gasteiger partial charge in [-0.3, -0.25) is 0 Å². The normalized spacial score (nSPS) is 19.6. The third kappa shape index (κ3) is 6.68. The standard InChI is InChI=1S/C12H19F3O2/c13-12(14,15)9-17-8-7-11(16)10-5-3-1-2-4-6-10/h5,11,16H,1-4,6-9H2. The quantitative estimate of drug-likeness (QED) is 0.601. The van der Waals surface area contributed by atoms with E-state index >= 15 is 0 Å². The molecule has 0 saturated heterocycles. The van der Waals surface area contributed by atoms with Crippen LogP contribution in [0.5, 0.6) is 0 Å². The van der Waals surface area contributed by atoms with E-state index in [2.05, 4.69) is 4.74 Å². The van der Waals surface area contributed by atoms with Gasteiger partial charge in [0, 0.05) is 13.0 Å². The lowest BCUT2D eigenvalue weighted by Crippen LogP contribution is -2.20. The first-order valence-electron chi connectivity index (χ1n) is 6.00. The van der Waals surface area contributed by atoms with Gasteiger partial charge in [0.2, 0.25) is 0 Å². The molecule has 0 aliphatic heterocycles. The number of hydrogen-bond acceptors (Lipinski definition) is 2. The average Bonchev–Trinajstić information content (AvgIpc) is 2.51. The third-order valence-electron chi connectivity index (χ3n) is 2.81. The van der Waals surface area contributed by atoms with Gasteiger partial charge in [0.1, 0.15) is 6.61 Å². The second-order valence-corrected chi connectivity index (χ2v) is 4.35. The maximum atomic E-state index is 11.8. The molecule has 0 radical (unpaired) electrons. The molecule has 0 heterocycles. The van der Waals surface area contributed by atoms with Gasteiger partial charge in [-0.15, -0.1) is 0 Å². The highest BCUT2D eigenvalue weighted by atomic mass is 19.4. The van der Waals surface area contributed by atoms with E-state index in [-0.39, 0.29) is 13.0 Å². The largest absolute Gasteiger partial charge is 0.411 e. The second kappa shape index (κ2) is 7.01. The summed E-state index contributed by atoms with van der Waals surface area (Å²) in [5.74, 6) is 0. The zero-order valence-electron chi connectivity index (χ0n) is 9.80. The number of aliphatic hydroxyl groups is 1. The van der Waals surface area contributed by atoms with Crippen LogP contribution in [0, 0.1) is 0 Å². The SMILES string of the molecule is OC(CCOCC(F)(F)F)C1=CCCCCC1. The van der Waals surface area contributed by atoms with Crippen LogP contribution in [0.3, 0.4) is 0 Å². The number of hydrogen-bond donors (Lipinski definition) is 1. The van der Waals surface area contributed by atoms with Gasteiger partial charge in [0.05, 0.1) is 6.10 Å². The molecule has 1 atom stereocenters. The highest BCUT2D eigenvalue weighted by Crippen LogP contribution is 2.21. The molecule has 1 N–H and O–H groups in total. The fraction of sp³-hybridized carbons (Fsp3) is 0.833. The maximum Gasteiger partial charge on any atom is 0.411 e. The Labute approximate surface area is 99.5 Å². The van der Waals surface area contributed by atoms with Crippen molar-refractivity contribution in [3.63, 3.8) is 0 Å². The fourth-order valence-corrected chi connectivity index (χ4v) is 1.91. The second-order valence-electron chi connectivity index (χ2n) is 4.35. The van der Waals surface area contributed by atoms with Gasteiger partial charge in [0.15, 0.2) is 0 Å². The zero-order chi connectivity index (χ0) is 12.7. The maximum absolute atomic E-state index is 11.8. The summed E-state index contributed by atoms with van der Waals surface area (Å²) in [4.78, 5) is 0. The molecule has 0 aromatic heterocycles. The molecule has 0 aromatic rings. The minimum Gasteiger partial charge on any atom is -0.389 e. The Kier molecular flexibility index (Phi) is 5.98. The Balaban J connectivity index is 2.20. The van der Waals surface area contributed by atoms with Crippen LogP contribution in [-0.4, -0.2) is 30.6 Å². The molecule has 1 aliphatic carbocycles. The van der Waals surface area contributed by atoms with E-state index in [1.807, 2.05) is 6.08 Å². The topological polar surface area (TPSA) is 29.5 Å². The molecule has 100 valence electrons. The predicted octanol–water partition coefficient (Wildman–Crippen LogP) is 3.21. The van der Waals surface area contributed by atoms with Crippen molar-refractivity contribution >= 4 is 0 Å². The number of aliphatic hydroxyl groups excluding tert-OH is 1. The summed E-state index contributed by atoms with van der Waals surface area (Å²) in [7, 11) is 0. The van der Waals surface area contributed by atoms with Crippen molar-refractivity contribution in [3.05, 3.63) is 11.6 Å². The predicted molar refractivity (Wildman–Crippen MR) is 58.7 cm³/mol. The Hall–Kier alpha value is -0.550. The molecule has 0 fully saturated rings. The minimum absolute atomic E-state index is 0.0575. The van der Waals surface area contributed by atoms with E-state index in [0.717, 1.165) is 37.7 Å². The summed E-state index contributed by atoms with van der Waals surface area (Å²) in [5, 5.41) is 9.80. The van der Waals surface area contributed by atoms with Crippen molar-refractivity contribution in [2.24, 2.45) is 0 Å². The first kappa shape index (κ1) is 14.5. The lowest BCUT2D eigenvalue weighted by molar-refractivity contribution is -0.174. The average molecular weight is 252 g/mol. The van der Waals surface area contributed by atoms with Gasteiger partial charge in [-0.25, -0.2) is 0 Å². The van der Waals surface area contributed by atoms with Crippen molar-refractivity contribution in [3.8, 4) is 0 Å². The van der Waals surface area contributed by atoms with Crippen LogP contribution in [-0.2, 0) is 4.74 Å². The molecule has 17 heavy (non-hydrogen) atoms. The van der Waals surface area contributed by atoms with E-state index < -0.39 is 18.9 Å². The summed E-state index contributed by atoms with van der Waals surface area (Å²) in [6.45, 7) is -1.29. The van der Waals surface area contributed by atoms with Gasteiger partial charge < -0.3 is 9.84 Å². The van der Waals surface area contributed by atoms with Crippen LogP contribution in [0.15, 0.2) is 11.6 Å². The van der Waals surface area contributed by atoms with Crippen LogP contribution < -0.4 is 0 Å². The van der Waals surface area contributed by atoms with Gasteiger partial charge in [0.25, 0.3) is 0 Å². The zero-order valence-corrected chi connectivity index (χ0v) is 9.80. The number of rotatable bonds is 5. The minimum atomic E-state index is -4.29. The first-order valence-corrected chi connectivity index (χ1v) is 6.00. The van der Waals surface area contributed by atoms with Crippen LogP contribution in [0.4, 0.5) is 13.2 Å². The van der Waals surface area contributed by atoms with Gasteiger partial charge in [-0.1, -0.05) is 12.5 Å². The third-order valence-corrected chi connectivity index (χ3v) is 2.81. The molecule has 0 spiro atoms. The molecule has 5 heteroatoms. The van der Waals surface area contributed by atoms with E-state index in [9.17, 15) is 18.3 Å². The summed E-state index contributed by atoms with van der Waals surface area (Å²) in [6.07, 6.45) is 2.44. The highest BCUT2D eigenvalue weighted by Gasteiger charge is 2.27. The van der Waals surface area contributed by atoms with E-state index in [1.165, 1.54) is 0 Å². The smallest absolute Gasteiger partial charge is 0.389 e. The molecular formula is C12H19F3O2. The first-order chi connectivity index (χ1) is 7.99. The summed E-state index contributed by atoms with van der Waals surface area (Å²) in [6, 6.07) is 0. The van der Waals surface area contributed by atoms with Crippen molar-refractivity contribution in [2.45, 2.75) is 50.8 Å². The van der Waals surface area contributed by atoms with Crippen LogP contribution in [0.2, 0.25) is 0 Å². The van der Waals surface area contributed by atoms with Crippen LogP contribution in [0.25, 0.3) is 0 Å². The number of ether oxygens (including phenoxy) is 1. The van der Waals surface area contributed by atoms with E-state index in [0.29, 0.717) is 0 Å². The molecule has 2 nitrogen and oxygen atoms in total. The van der Waals surface area contributed by atoms with Crippen LogP contribution >= 0.6 is 0 Å². The summed E-state index contributed by atoms with van der Waals surface area (Å²) >= 11 is 0. The van der Waals surface area contributed by atoms with Crippen LogP contribution in [0.1, 0.15) is 38.5 Å². The molecule has 1 rings (SSSR count). The van der Waals surface area contributed by atoms with Crippen molar-refractivity contribution in [2.75, 3.05) is 13.2 Å². The lowest BCUT2D eigenvalue weighted by Gasteiger charge is -2.14. The van der Waals surface area contributed by atoms with E-state index in [1.54, 1.807) is 0 Å². The Morgan fingerprint density at radius 2 is 2.06 bits per heavy atom. The van der Waals surface area contributed by atoms with Gasteiger partial charge in [-0.2, -0.15) is 13.2 Å². The van der Waals surface area contributed by atoms with E-state index in [4.69, 9.17) is 0 Å². The Morgan fingerprint density at radius 1 is 1.29 bits per heavy atom. The van der Waals surface area contributed by atoms with Gasteiger partial charge in [-0.05, 0) is 31.3 Å². The molecule has 0 saturated carbocycles. The monoisotopic (exact) mass is 252 g/mol. The lowest BCUT2D eigenvalue weighted by atomic mass is 10.0. The van der Waals surface area contributed by atoms with Crippen molar-refractivity contribution in [1.82, 2.24) is 0 Å². The molecule has 0 aromatic carbocycles. The Bertz CT molecular complexity index is 249. The summed E-state index contributed by atoms with van der Waals surface area (Å²) < 4.78 is 39.8.